The molecule has 9 heteroatoms. The van der Waals surface area contributed by atoms with Crippen LogP contribution in [0.1, 0.15) is 29.2 Å². The van der Waals surface area contributed by atoms with Gasteiger partial charge >= 0.3 is 0 Å². The van der Waals surface area contributed by atoms with E-state index in [1.165, 1.54) is 10.7 Å². The third-order valence-corrected chi connectivity index (χ3v) is 4.80. The molecule has 2 aromatic heterocycles. The molecule has 3 aromatic rings. The average molecular weight is 381 g/mol. The highest BCUT2D eigenvalue weighted by Crippen LogP contribution is 2.43. The number of nitrogens with zero attached hydrogens (tertiary/aromatic N) is 3. The van der Waals surface area contributed by atoms with E-state index in [9.17, 15) is 9.59 Å². The summed E-state index contributed by atoms with van der Waals surface area (Å²) in [6.45, 7) is 1.88. The van der Waals surface area contributed by atoms with E-state index in [4.69, 9.17) is 9.47 Å². The Morgan fingerprint density at radius 2 is 1.96 bits per heavy atom. The van der Waals surface area contributed by atoms with Gasteiger partial charge in [0.15, 0.2) is 5.82 Å². The van der Waals surface area contributed by atoms with Crippen molar-refractivity contribution in [3.63, 3.8) is 0 Å². The molecule has 0 fully saturated rings. The Bertz CT molecular complexity index is 1100. The number of rotatable bonds is 4. The van der Waals surface area contributed by atoms with E-state index in [0.717, 1.165) is 16.8 Å². The normalized spacial score (nSPS) is 15.7. The molecular formula is C19H19N5O4. The largest absolute Gasteiger partial charge is 0.497 e. The van der Waals surface area contributed by atoms with Crippen molar-refractivity contribution in [3.8, 4) is 17.3 Å². The highest BCUT2D eigenvalue weighted by molar-refractivity contribution is 5.95. The van der Waals surface area contributed by atoms with E-state index < -0.39 is 0 Å². The number of ether oxygens (including phenoxy) is 2. The molecule has 3 heterocycles. The Balaban J connectivity index is 1.88. The average Bonchev–Trinajstić information content (AvgIpc) is 3.03. The minimum absolute atomic E-state index is 0.138. The molecule has 0 aliphatic carbocycles. The number of aromatic amines is 1. The topological polar surface area (TPSA) is 111 Å². The van der Waals surface area contributed by atoms with Gasteiger partial charge in [-0.3, -0.25) is 9.59 Å². The van der Waals surface area contributed by atoms with Crippen LogP contribution in [0.15, 0.2) is 35.1 Å². The third-order valence-electron chi connectivity index (χ3n) is 4.80. The zero-order valence-electron chi connectivity index (χ0n) is 15.6. The molecular weight excluding hydrogens is 362 g/mol. The van der Waals surface area contributed by atoms with Gasteiger partial charge in [0.1, 0.15) is 17.3 Å². The first-order valence-corrected chi connectivity index (χ1v) is 8.69. The van der Waals surface area contributed by atoms with Gasteiger partial charge in [0, 0.05) is 35.6 Å². The van der Waals surface area contributed by atoms with Crippen LogP contribution in [0.3, 0.4) is 0 Å². The van der Waals surface area contributed by atoms with Gasteiger partial charge in [-0.25, -0.2) is 5.10 Å². The lowest BCUT2D eigenvalue weighted by Crippen LogP contribution is -2.25. The second-order valence-electron chi connectivity index (χ2n) is 6.45. The molecule has 0 radical (unpaired) electrons. The number of H-pyrrole nitrogens is 1. The molecule has 4 rings (SSSR count). The first-order valence-electron chi connectivity index (χ1n) is 8.69. The van der Waals surface area contributed by atoms with Crippen molar-refractivity contribution in [1.82, 2.24) is 20.0 Å². The van der Waals surface area contributed by atoms with Crippen molar-refractivity contribution < 1.29 is 14.3 Å². The van der Waals surface area contributed by atoms with E-state index >= 15 is 0 Å². The minimum Gasteiger partial charge on any atom is -0.497 e. The van der Waals surface area contributed by atoms with Crippen LogP contribution >= 0.6 is 0 Å². The molecule has 0 saturated carbocycles. The van der Waals surface area contributed by atoms with Crippen molar-refractivity contribution in [1.29, 1.82) is 0 Å². The maximum absolute atomic E-state index is 12.5. The molecule has 28 heavy (non-hydrogen) atoms. The summed E-state index contributed by atoms with van der Waals surface area (Å²) in [6.07, 6.45) is 0.265. The number of hydrogen-bond acceptors (Lipinski definition) is 6. The highest BCUT2D eigenvalue weighted by atomic mass is 16.5. The number of aromatic nitrogens is 4. The van der Waals surface area contributed by atoms with E-state index in [2.05, 4.69) is 20.6 Å². The lowest BCUT2D eigenvalue weighted by Gasteiger charge is -2.25. The first-order chi connectivity index (χ1) is 13.5. The van der Waals surface area contributed by atoms with Crippen LogP contribution in [-0.4, -0.2) is 40.1 Å². The fourth-order valence-electron chi connectivity index (χ4n) is 3.54. The smallest absolute Gasteiger partial charge is 0.264 e. The molecule has 1 aliphatic heterocycles. The Kier molecular flexibility index (Phi) is 4.34. The number of carbonyl (C=O) groups is 1. The number of anilines is 1. The van der Waals surface area contributed by atoms with Crippen LogP contribution in [-0.2, 0) is 4.79 Å². The lowest BCUT2D eigenvalue weighted by atomic mass is 9.85. The van der Waals surface area contributed by atoms with Crippen molar-refractivity contribution in [2.45, 2.75) is 19.3 Å². The number of amides is 1. The van der Waals surface area contributed by atoms with Crippen LogP contribution in [0.4, 0.5) is 5.82 Å². The summed E-state index contributed by atoms with van der Waals surface area (Å²) in [5, 5.41) is 13.8. The summed E-state index contributed by atoms with van der Waals surface area (Å²) in [6, 6.07) is 8.45. The van der Waals surface area contributed by atoms with Gasteiger partial charge in [0.25, 0.3) is 5.56 Å². The van der Waals surface area contributed by atoms with Crippen molar-refractivity contribution in [3.05, 3.63) is 57.5 Å². The fourth-order valence-corrected chi connectivity index (χ4v) is 3.54. The second kappa shape index (κ2) is 6.84. The monoisotopic (exact) mass is 381 g/mol. The van der Waals surface area contributed by atoms with Gasteiger partial charge in [-0.1, -0.05) is 6.07 Å². The number of benzene rings is 1. The maximum atomic E-state index is 12.5. The highest BCUT2D eigenvalue weighted by Gasteiger charge is 2.34. The number of aryl methyl sites for hydroxylation is 1. The van der Waals surface area contributed by atoms with Gasteiger partial charge in [-0.15, -0.1) is 0 Å². The number of methoxy groups -OCH3 is 2. The van der Waals surface area contributed by atoms with Crippen molar-refractivity contribution in [2.75, 3.05) is 19.5 Å². The summed E-state index contributed by atoms with van der Waals surface area (Å²) >= 11 is 0. The van der Waals surface area contributed by atoms with E-state index in [1.807, 2.05) is 19.1 Å². The standard InChI is InChI=1S/C19H19N5O4/c1-10-18-13(12-5-4-11(27-2)8-14(12)28-3)9-17(26)20-19(18)24(23-10)15-6-7-16(25)22-21-15/h4-8,13H,9H2,1-3H3,(H,20,26)(H,22,25)/t13-/m1/s1. The third kappa shape index (κ3) is 2.90. The van der Waals surface area contributed by atoms with Crippen molar-refractivity contribution in [2.24, 2.45) is 0 Å². The summed E-state index contributed by atoms with van der Waals surface area (Å²) in [5.74, 6) is 1.88. The summed E-state index contributed by atoms with van der Waals surface area (Å²) in [7, 11) is 3.18. The lowest BCUT2D eigenvalue weighted by molar-refractivity contribution is -0.116. The van der Waals surface area contributed by atoms with Gasteiger partial charge < -0.3 is 14.8 Å². The molecule has 144 valence electrons. The van der Waals surface area contributed by atoms with E-state index in [1.54, 1.807) is 26.4 Å². The van der Waals surface area contributed by atoms with Crippen molar-refractivity contribution >= 4 is 11.7 Å². The van der Waals surface area contributed by atoms with Gasteiger partial charge in [0.05, 0.1) is 19.9 Å². The van der Waals surface area contributed by atoms with Gasteiger partial charge in [-0.05, 0) is 19.1 Å². The Hall–Kier alpha value is -3.62. The predicted octanol–water partition coefficient (Wildman–Crippen LogP) is 1.76. The van der Waals surface area contributed by atoms with Crippen LogP contribution in [0.2, 0.25) is 0 Å². The molecule has 0 saturated heterocycles. The SMILES string of the molecule is COc1ccc([C@H]2CC(=O)Nc3c2c(C)nn3-c2ccc(=O)[nH]n2)c(OC)c1. The summed E-state index contributed by atoms with van der Waals surface area (Å²) in [4.78, 5) is 23.8. The molecule has 0 spiro atoms. The first kappa shape index (κ1) is 17.8. The molecule has 1 atom stereocenters. The zero-order chi connectivity index (χ0) is 19.8. The van der Waals surface area contributed by atoms with Gasteiger partial charge in [-0.2, -0.15) is 14.9 Å². The summed E-state index contributed by atoms with van der Waals surface area (Å²) < 4.78 is 12.3. The predicted molar refractivity (Wildman–Crippen MR) is 101 cm³/mol. The van der Waals surface area contributed by atoms with Crippen LogP contribution in [0, 0.1) is 6.92 Å². The number of carbonyl (C=O) groups excluding carboxylic acids is 1. The number of hydrogen-bond donors (Lipinski definition) is 2. The summed E-state index contributed by atoms with van der Waals surface area (Å²) in [5.41, 5.74) is 2.20. The Morgan fingerprint density at radius 3 is 2.64 bits per heavy atom. The Labute approximate surface area is 160 Å². The second-order valence-corrected chi connectivity index (χ2v) is 6.45. The van der Waals surface area contributed by atoms with Gasteiger partial charge in [0.2, 0.25) is 5.91 Å². The van der Waals surface area contributed by atoms with E-state index in [0.29, 0.717) is 23.1 Å². The Morgan fingerprint density at radius 1 is 1.14 bits per heavy atom. The maximum Gasteiger partial charge on any atom is 0.264 e. The molecule has 1 aliphatic rings. The van der Waals surface area contributed by atoms with Crippen LogP contribution in [0.5, 0.6) is 11.5 Å². The molecule has 0 bridgehead atoms. The minimum atomic E-state index is -0.314. The van der Waals surface area contributed by atoms with Crippen LogP contribution < -0.4 is 20.3 Å². The van der Waals surface area contributed by atoms with E-state index in [-0.39, 0.29) is 23.8 Å². The molecule has 2 N–H and O–H groups in total. The van der Waals surface area contributed by atoms with Crippen LogP contribution in [0.25, 0.3) is 5.82 Å². The molecule has 1 aromatic carbocycles. The molecule has 1 amide bonds. The quantitative estimate of drug-likeness (QED) is 0.712. The zero-order valence-corrected chi connectivity index (χ0v) is 15.6. The number of fused-ring (bicyclic) bond motifs is 1. The molecule has 9 nitrogen and oxygen atoms in total. The molecule has 0 unspecified atom stereocenters. The number of nitrogens with one attached hydrogen (secondary N) is 2. The fraction of sp³-hybridized carbons (Fsp3) is 0.263.